The summed E-state index contributed by atoms with van der Waals surface area (Å²) in [5, 5.41) is 4.36. The second-order valence-electron chi connectivity index (χ2n) is 7.01. The maximum atomic E-state index is 13.5. The van der Waals surface area contributed by atoms with Crippen molar-refractivity contribution in [3.63, 3.8) is 0 Å². The van der Waals surface area contributed by atoms with E-state index in [1.807, 2.05) is 0 Å². The van der Waals surface area contributed by atoms with Crippen molar-refractivity contribution in [1.29, 1.82) is 0 Å². The van der Waals surface area contributed by atoms with Crippen molar-refractivity contribution in [1.82, 2.24) is 14.7 Å². The van der Waals surface area contributed by atoms with Crippen molar-refractivity contribution >= 4 is 5.91 Å². The van der Waals surface area contributed by atoms with Gasteiger partial charge in [-0.05, 0) is 62.4 Å². The molecule has 1 saturated heterocycles. The molecule has 1 atom stereocenters. The van der Waals surface area contributed by atoms with E-state index in [0.717, 1.165) is 37.1 Å². The van der Waals surface area contributed by atoms with Gasteiger partial charge in [-0.2, -0.15) is 5.10 Å². The summed E-state index contributed by atoms with van der Waals surface area (Å²) in [7, 11) is 3.59. The molecular weight excluding hydrogens is 333 g/mol. The summed E-state index contributed by atoms with van der Waals surface area (Å²) in [6.07, 6.45) is 4.49. The third kappa shape index (κ3) is 4.12. The van der Waals surface area contributed by atoms with E-state index in [4.69, 9.17) is 4.74 Å². The lowest BCUT2D eigenvalue weighted by Crippen LogP contribution is -2.31. The van der Waals surface area contributed by atoms with Crippen molar-refractivity contribution in [2.24, 2.45) is 7.05 Å². The number of amides is 1. The molecule has 26 heavy (non-hydrogen) atoms. The predicted molar refractivity (Wildman–Crippen MR) is 98.5 cm³/mol. The fraction of sp³-hybridized carbons (Fsp3) is 0.500. The van der Waals surface area contributed by atoms with Crippen LogP contribution in [0.1, 0.15) is 41.7 Å². The molecule has 2 aromatic rings. The number of aromatic nitrogens is 2. The molecule has 0 bridgehead atoms. The SMILES string of the molecule is Cc1cc(-c2cc(C(=O)N(C)CCC3CCCCO3)nn2C)ccc1F. The number of nitrogens with zero attached hydrogens (tertiary/aromatic N) is 3. The van der Waals surface area contributed by atoms with E-state index < -0.39 is 0 Å². The van der Waals surface area contributed by atoms with Gasteiger partial charge in [-0.3, -0.25) is 9.48 Å². The molecule has 0 saturated carbocycles. The Hall–Kier alpha value is -2.21. The minimum Gasteiger partial charge on any atom is -0.378 e. The fourth-order valence-electron chi connectivity index (χ4n) is 3.32. The minimum atomic E-state index is -0.239. The average molecular weight is 359 g/mol. The summed E-state index contributed by atoms with van der Waals surface area (Å²) in [6, 6.07) is 6.68. The van der Waals surface area contributed by atoms with Crippen LogP contribution in [0.15, 0.2) is 24.3 Å². The summed E-state index contributed by atoms with van der Waals surface area (Å²) in [6.45, 7) is 3.19. The Balaban J connectivity index is 1.68. The molecule has 1 unspecified atom stereocenters. The molecule has 0 aliphatic carbocycles. The first-order valence-corrected chi connectivity index (χ1v) is 9.13. The van der Waals surface area contributed by atoms with Crippen LogP contribution in [0.25, 0.3) is 11.3 Å². The van der Waals surface area contributed by atoms with Crippen LogP contribution in [0.3, 0.4) is 0 Å². The number of halogens is 1. The van der Waals surface area contributed by atoms with Crippen molar-refractivity contribution in [2.75, 3.05) is 20.2 Å². The van der Waals surface area contributed by atoms with Crippen molar-refractivity contribution in [2.45, 2.75) is 38.7 Å². The Bertz CT molecular complexity index is 781. The lowest BCUT2D eigenvalue weighted by molar-refractivity contribution is 0.00705. The van der Waals surface area contributed by atoms with Crippen LogP contribution < -0.4 is 0 Å². The Morgan fingerprint density at radius 1 is 1.38 bits per heavy atom. The van der Waals surface area contributed by atoms with Gasteiger partial charge in [0.2, 0.25) is 0 Å². The number of hydrogen-bond acceptors (Lipinski definition) is 3. The molecular formula is C20H26FN3O2. The van der Waals surface area contributed by atoms with Gasteiger partial charge >= 0.3 is 0 Å². The number of aryl methyl sites for hydroxylation is 2. The molecule has 1 fully saturated rings. The summed E-state index contributed by atoms with van der Waals surface area (Å²) in [4.78, 5) is 14.4. The van der Waals surface area contributed by atoms with E-state index >= 15 is 0 Å². The summed E-state index contributed by atoms with van der Waals surface area (Å²) < 4.78 is 20.9. The predicted octanol–water partition coefficient (Wildman–Crippen LogP) is 3.57. The highest BCUT2D eigenvalue weighted by atomic mass is 19.1. The lowest BCUT2D eigenvalue weighted by Gasteiger charge is -2.25. The summed E-state index contributed by atoms with van der Waals surface area (Å²) in [5.41, 5.74) is 2.61. The Morgan fingerprint density at radius 3 is 2.88 bits per heavy atom. The van der Waals surface area contributed by atoms with Gasteiger partial charge in [-0.1, -0.05) is 0 Å². The van der Waals surface area contributed by atoms with E-state index in [0.29, 0.717) is 17.8 Å². The van der Waals surface area contributed by atoms with Crippen LogP contribution in [0, 0.1) is 12.7 Å². The smallest absolute Gasteiger partial charge is 0.274 e. The van der Waals surface area contributed by atoms with E-state index in [-0.39, 0.29) is 17.8 Å². The third-order valence-corrected chi connectivity index (χ3v) is 4.96. The fourth-order valence-corrected chi connectivity index (χ4v) is 3.32. The molecule has 140 valence electrons. The molecule has 1 aliphatic heterocycles. The molecule has 2 heterocycles. The van der Waals surface area contributed by atoms with Crippen molar-refractivity contribution < 1.29 is 13.9 Å². The molecule has 1 aromatic heterocycles. The molecule has 0 radical (unpaired) electrons. The molecule has 6 heteroatoms. The highest BCUT2D eigenvalue weighted by molar-refractivity contribution is 5.93. The molecule has 1 aliphatic rings. The zero-order chi connectivity index (χ0) is 18.7. The zero-order valence-electron chi connectivity index (χ0n) is 15.7. The standard InChI is InChI=1S/C20H26FN3O2/c1-14-12-15(7-8-17(14)21)19-13-18(22-24(19)3)20(25)23(2)10-9-16-6-4-5-11-26-16/h7-8,12-13,16H,4-6,9-11H2,1-3H3. The largest absolute Gasteiger partial charge is 0.378 e. The Labute approximate surface area is 153 Å². The molecule has 5 nitrogen and oxygen atoms in total. The number of hydrogen-bond donors (Lipinski definition) is 0. The van der Waals surface area contributed by atoms with Gasteiger partial charge in [0.05, 0.1) is 11.8 Å². The second-order valence-corrected chi connectivity index (χ2v) is 7.01. The van der Waals surface area contributed by atoms with Crippen LogP contribution in [0.2, 0.25) is 0 Å². The van der Waals surface area contributed by atoms with Gasteiger partial charge in [0.25, 0.3) is 5.91 Å². The third-order valence-electron chi connectivity index (χ3n) is 4.96. The zero-order valence-corrected chi connectivity index (χ0v) is 15.7. The highest BCUT2D eigenvalue weighted by Crippen LogP contribution is 2.23. The summed E-state index contributed by atoms with van der Waals surface area (Å²) >= 11 is 0. The van der Waals surface area contributed by atoms with Gasteiger partial charge in [0.15, 0.2) is 5.69 Å². The molecule has 3 rings (SSSR count). The van der Waals surface area contributed by atoms with Crippen LogP contribution in [-0.4, -0.2) is 46.9 Å². The van der Waals surface area contributed by atoms with E-state index in [9.17, 15) is 9.18 Å². The number of carbonyl (C=O) groups excluding carboxylic acids is 1. The van der Waals surface area contributed by atoms with Gasteiger partial charge in [0, 0.05) is 32.8 Å². The minimum absolute atomic E-state index is 0.110. The van der Waals surface area contributed by atoms with Crippen LogP contribution in [0.4, 0.5) is 4.39 Å². The Kier molecular flexibility index (Phi) is 5.71. The van der Waals surface area contributed by atoms with E-state index in [2.05, 4.69) is 5.10 Å². The van der Waals surface area contributed by atoms with E-state index in [1.165, 1.54) is 12.5 Å². The first-order valence-electron chi connectivity index (χ1n) is 9.13. The summed E-state index contributed by atoms with van der Waals surface area (Å²) in [5.74, 6) is -0.349. The van der Waals surface area contributed by atoms with Crippen molar-refractivity contribution in [3.8, 4) is 11.3 Å². The monoisotopic (exact) mass is 359 g/mol. The van der Waals surface area contributed by atoms with E-state index in [1.54, 1.807) is 48.8 Å². The normalized spacial score (nSPS) is 17.3. The molecule has 1 amide bonds. The molecule has 0 N–H and O–H groups in total. The van der Waals surface area contributed by atoms with Gasteiger partial charge in [-0.15, -0.1) is 0 Å². The maximum absolute atomic E-state index is 13.5. The first-order chi connectivity index (χ1) is 12.5. The quantitative estimate of drug-likeness (QED) is 0.820. The highest BCUT2D eigenvalue weighted by Gasteiger charge is 2.20. The number of benzene rings is 1. The number of ether oxygens (including phenoxy) is 1. The van der Waals surface area contributed by atoms with Crippen LogP contribution in [0.5, 0.6) is 0 Å². The Morgan fingerprint density at radius 2 is 2.19 bits per heavy atom. The van der Waals surface area contributed by atoms with Gasteiger partial charge in [-0.25, -0.2) is 4.39 Å². The first kappa shape index (κ1) is 18.6. The molecule has 0 spiro atoms. The number of carbonyl (C=O) groups is 1. The van der Waals surface area contributed by atoms with Crippen molar-refractivity contribution in [3.05, 3.63) is 41.3 Å². The maximum Gasteiger partial charge on any atom is 0.274 e. The molecule has 1 aromatic carbocycles. The second kappa shape index (κ2) is 7.99. The van der Waals surface area contributed by atoms with Crippen LogP contribution in [-0.2, 0) is 11.8 Å². The van der Waals surface area contributed by atoms with Crippen LogP contribution >= 0.6 is 0 Å². The average Bonchev–Trinajstić information content (AvgIpc) is 3.04. The lowest BCUT2D eigenvalue weighted by atomic mass is 10.1. The number of rotatable bonds is 5. The van der Waals surface area contributed by atoms with Gasteiger partial charge < -0.3 is 9.64 Å². The van der Waals surface area contributed by atoms with Gasteiger partial charge in [0.1, 0.15) is 5.82 Å². The topological polar surface area (TPSA) is 47.4 Å².